The van der Waals surface area contributed by atoms with Crippen LogP contribution in [0.5, 0.6) is 0 Å². The SMILES string of the molecule is COC[C@@H](N)CO[Si](C)(C)C(C)(C)C. The van der Waals surface area contributed by atoms with E-state index in [1.807, 2.05) is 0 Å². The van der Waals surface area contributed by atoms with Gasteiger partial charge < -0.3 is 14.9 Å². The van der Waals surface area contributed by atoms with E-state index in [2.05, 4.69) is 33.9 Å². The van der Waals surface area contributed by atoms with E-state index in [0.29, 0.717) is 13.2 Å². The molecule has 1 atom stereocenters. The number of rotatable bonds is 5. The number of methoxy groups -OCH3 is 1. The Morgan fingerprint density at radius 2 is 1.71 bits per heavy atom. The zero-order valence-electron chi connectivity index (χ0n) is 10.4. The third kappa shape index (κ3) is 4.55. The van der Waals surface area contributed by atoms with Gasteiger partial charge in [0.2, 0.25) is 0 Å². The minimum Gasteiger partial charge on any atom is -0.415 e. The van der Waals surface area contributed by atoms with Crippen LogP contribution in [0.1, 0.15) is 20.8 Å². The lowest BCUT2D eigenvalue weighted by Crippen LogP contribution is -2.44. The van der Waals surface area contributed by atoms with E-state index < -0.39 is 8.32 Å². The van der Waals surface area contributed by atoms with Gasteiger partial charge in [0.05, 0.1) is 19.3 Å². The molecule has 0 saturated carbocycles. The number of hydrogen-bond acceptors (Lipinski definition) is 3. The highest BCUT2D eigenvalue weighted by molar-refractivity contribution is 6.74. The molecule has 0 aliphatic rings. The number of hydrogen-bond donors (Lipinski definition) is 1. The summed E-state index contributed by atoms with van der Waals surface area (Å²) in [5.74, 6) is 0. The summed E-state index contributed by atoms with van der Waals surface area (Å²) >= 11 is 0. The highest BCUT2D eigenvalue weighted by atomic mass is 28.4. The van der Waals surface area contributed by atoms with Crippen molar-refractivity contribution in [3.05, 3.63) is 0 Å². The summed E-state index contributed by atoms with van der Waals surface area (Å²) in [4.78, 5) is 0. The van der Waals surface area contributed by atoms with Gasteiger partial charge in [-0.15, -0.1) is 0 Å². The zero-order valence-corrected chi connectivity index (χ0v) is 11.4. The van der Waals surface area contributed by atoms with Crippen molar-refractivity contribution in [1.82, 2.24) is 0 Å². The van der Waals surface area contributed by atoms with Crippen molar-refractivity contribution >= 4 is 8.32 Å². The zero-order chi connectivity index (χ0) is 11.4. The predicted octanol–water partition coefficient (Wildman–Crippen LogP) is 1.98. The summed E-state index contributed by atoms with van der Waals surface area (Å²) in [6, 6.07) is -0.00544. The van der Waals surface area contributed by atoms with E-state index >= 15 is 0 Å². The van der Waals surface area contributed by atoms with Crippen molar-refractivity contribution in [2.75, 3.05) is 20.3 Å². The standard InChI is InChI=1S/C10H25NO2Si/c1-10(2,3)14(5,6)13-8-9(11)7-12-4/h9H,7-8,11H2,1-6H3/t9-/m1/s1. The van der Waals surface area contributed by atoms with Crippen molar-refractivity contribution in [3.63, 3.8) is 0 Å². The molecular formula is C10H25NO2Si. The molecule has 4 heteroatoms. The van der Waals surface area contributed by atoms with Crippen LogP contribution >= 0.6 is 0 Å². The van der Waals surface area contributed by atoms with Crippen LogP contribution in [0.2, 0.25) is 18.1 Å². The normalized spacial score (nSPS) is 15.6. The quantitative estimate of drug-likeness (QED) is 0.719. The van der Waals surface area contributed by atoms with Gasteiger partial charge in [0.15, 0.2) is 8.32 Å². The van der Waals surface area contributed by atoms with Gasteiger partial charge in [-0.2, -0.15) is 0 Å². The van der Waals surface area contributed by atoms with Gasteiger partial charge in [0.25, 0.3) is 0 Å². The number of ether oxygens (including phenoxy) is 1. The molecule has 0 aromatic rings. The molecule has 0 spiro atoms. The van der Waals surface area contributed by atoms with E-state index in [-0.39, 0.29) is 11.1 Å². The van der Waals surface area contributed by atoms with E-state index in [1.165, 1.54) is 0 Å². The van der Waals surface area contributed by atoms with Crippen LogP contribution in [0, 0.1) is 0 Å². The van der Waals surface area contributed by atoms with Crippen molar-refractivity contribution in [3.8, 4) is 0 Å². The van der Waals surface area contributed by atoms with Crippen LogP contribution in [-0.4, -0.2) is 34.7 Å². The third-order valence-electron chi connectivity index (χ3n) is 2.85. The molecular weight excluding hydrogens is 194 g/mol. The summed E-state index contributed by atoms with van der Waals surface area (Å²) < 4.78 is 10.9. The van der Waals surface area contributed by atoms with E-state index in [1.54, 1.807) is 7.11 Å². The molecule has 2 N–H and O–H groups in total. The van der Waals surface area contributed by atoms with Crippen molar-refractivity contribution in [2.24, 2.45) is 5.73 Å². The van der Waals surface area contributed by atoms with Gasteiger partial charge in [-0.05, 0) is 18.1 Å². The van der Waals surface area contributed by atoms with Crippen LogP contribution < -0.4 is 5.73 Å². The maximum absolute atomic E-state index is 5.94. The molecule has 0 heterocycles. The second-order valence-electron chi connectivity index (χ2n) is 5.29. The fourth-order valence-electron chi connectivity index (χ4n) is 0.794. The molecule has 14 heavy (non-hydrogen) atoms. The average molecular weight is 219 g/mol. The lowest BCUT2D eigenvalue weighted by Gasteiger charge is -2.36. The minimum atomic E-state index is -1.63. The van der Waals surface area contributed by atoms with Crippen LogP contribution in [-0.2, 0) is 9.16 Å². The van der Waals surface area contributed by atoms with Crippen LogP contribution in [0.3, 0.4) is 0 Å². The molecule has 0 amide bonds. The third-order valence-corrected chi connectivity index (χ3v) is 7.35. The fourth-order valence-corrected chi connectivity index (χ4v) is 1.86. The Morgan fingerprint density at radius 1 is 1.21 bits per heavy atom. The minimum absolute atomic E-state index is 0.00544. The molecule has 0 aromatic heterocycles. The second-order valence-corrected chi connectivity index (χ2v) is 10.1. The molecule has 0 radical (unpaired) electrons. The first-order valence-corrected chi connectivity index (χ1v) is 8.00. The Hall–Kier alpha value is 0.0969. The Morgan fingerprint density at radius 3 is 2.07 bits per heavy atom. The van der Waals surface area contributed by atoms with E-state index in [4.69, 9.17) is 14.9 Å². The molecule has 0 rings (SSSR count). The first-order valence-electron chi connectivity index (χ1n) is 5.09. The largest absolute Gasteiger partial charge is 0.415 e. The molecule has 0 fully saturated rings. The second kappa shape index (κ2) is 5.26. The van der Waals surface area contributed by atoms with Crippen LogP contribution in [0.4, 0.5) is 0 Å². The lowest BCUT2D eigenvalue weighted by atomic mass is 10.2. The summed E-state index contributed by atoms with van der Waals surface area (Å²) in [6.45, 7) is 12.3. The Bertz CT molecular complexity index is 166. The maximum Gasteiger partial charge on any atom is 0.192 e. The molecule has 3 nitrogen and oxygen atoms in total. The Balaban J connectivity index is 3.99. The van der Waals surface area contributed by atoms with Gasteiger partial charge in [-0.25, -0.2) is 0 Å². The first-order chi connectivity index (χ1) is 6.20. The summed E-state index contributed by atoms with van der Waals surface area (Å²) in [6.07, 6.45) is 0. The monoisotopic (exact) mass is 219 g/mol. The summed E-state index contributed by atoms with van der Waals surface area (Å²) in [5, 5.41) is 0.250. The van der Waals surface area contributed by atoms with E-state index in [0.717, 1.165) is 0 Å². The van der Waals surface area contributed by atoms with Gasteiger partial charge in [0, 0.05) is 7.11 Å². The Labute approximate surface area is 89.1 Å². The van der Waals surface area contributed by atoms with Crippen molar-refractivity contribution in [1.29, 1.82) is 0 Å². The van der Waals surface area contributed by atoms with Crippen molar-refractivity contribution < 1.29 is 9.16 Å². The predicted molar refractivity (Wildman–Crippen MR) is 63.0 cm³/mol. The highest BCUT2D eigenvalue weighted by Gasteiger charge is 2.37. The molecule has 0 unspecified atom stereocenters. The molecule has 0 saturated heterocycles. The van der Waals surface area contributed by atoms with Gasteiger partial charge in [-0.1, -0.05) is 20.8 Å². The van der Waals surface area contributed by atoms with E-state index in [9.17, 15) is 0 Å². The molecule has 0 aromatic carbocycles. The van der Waals surface area contributed by atoms with Crippen molar-refractivity contribution in [2.45, 2.75) is 44.9 Å². The maximum atomic E-state index is 5.94. The summed E-state index contributed by atoms with van der Waals surface area (Å²) in [7, 11) is 0.0267. The fraction of sp³-hybridized carbons (Fsp3) is 1.00. The number of nitrogens with two attached hydrogens (primary N) is 1. The highest BCUT2D eigenvalue weighted by Crippen LogP contribution is 2.36. The first kappa shape index (κ1) is 14.1. The van der Waals surface area contributed by atoms with Gasteiger partial charge in [-0.3, -0.25) is 0 Å². The van der Waals surface area contributed by atoms with Crippen LogP contribution in [0.25, 0.3) is 0 Å². The summed E-state index contributed by atoms with van der Waals surface area (Å²) in [5.41, 5.74) is 5.81. The molecule has 0 aliphatic carbocycles. The van der Waals surface area contributed by atoms with Gasteiger partial charge >= 0.3 is 0 Å². The lowest BCUT2D eigenvalue weighted by molar-refractivity contribution is 0.148. The average Bonchev–Trinajstić information content (AvgIpc) is 1.99. The topological polar surface area (TPSA) is 44.5 Å². The molecule has 0 bridgehead atoms. The molecule has 0 aliphatic heterocycles. The van der Waals surface area contributed by atoms with Crippen LogP contribution in [0.15, 0.2) is 0 Å². The smallest absolute Gasteiger partial charge is 0.192 e. The molecule has 86 valence electrons. The Kier molecular flexibility index (Phi) is 5.29. The van der Waals surface area contributed by atoms with Gasteiger partial charge in [0.1, 0.15) is 0 Å².